The van der Waals surface area contributed by atoms with E-state index in [4.69, 9.17) is 14.3 Å². The van der Waals surface area contributed by atoms with Gasteiger partial charge in [0, 0.05) is 18.8 Å². The normalized spacial score (nSPS) is 13.2. The fourth-order valence-electron chi connectivity index (χ4n) is 3.61. The molecule has 0 saturated heterocycles. The third-order valence-corrected chi connectivity index (χ3v) is 9.47. The Hall–Kier alpha value is -3.94. The van der Waals surface area contributed by atoms with Crippen molar-refractivity contribution in [2.75, 3.05) is 5.75 Å². The summed E-state index contributed by atoms with van der Waals surface area (Å²) in [5, 5.41) is 19.2. The number of aryl methyl sites for hydroxylation is 1. The van der Waals surface area contributed by atoms with E-state index in [1.165, 1.54) is 0 Å². The van der Waals surface area contributed by atoms with Crippen LogP contribution in [0.1, 0.15) is 49.2 Å². The molecule has 1 aromatic carbocycles. The first-order valence-corrected chi connectivity index (χ1v) is 16.2. The monoisotopic (exact) mass is 641 g/mol. The molecule has 3 heterocycles. The number of sulfone groups is 1. The minimum absolute atomic E-state index is 0.0566. The predicted octanol–water partition coefficient (Wildman–Crippen LogP) is 1.92. The van der Waals surface area contributed by atoms with E-state index in [9.17, 15) is 26.4 Å². The molecule has 4 aromatic rings. The van der Waals surface area contributed by atoms with Crippen molar-refractivity contribution in [1.29, 1.82) is 0 Å². The molecule has 4 rings (SSSR count). The van der Waals surface area contributed by atoms with Gasteiger partial charge in [-0.2, -0.15) is 18.2 Å². The number of thiazole rings is 1. The number of nitrogens with one attached hydrogen (secondary N) is 2. The van der Waals surface area contributed by atoms with Crippen LogP contribution in [0.4, 0.5) is 4.79 Å². The van der Waals surface area contributed by atoms with Crippen LogP contribution >= 0.6 is 11.3 Å². The summed E-state index contributed by atoms with van der Waals surface area (Å²) in [5.74, 6) is -2.81. The van der Waals surface area contributed by atoms with Crippen LogP contribution in [0.2, 0.25) is 0 Å². The molecular weight excluding hydrogens is 614 g/mol. The largest absolute Gasteiger partial charge is 0.481 e. The first-order valence-electron chi connectivity index (χ1n) is 12.2. The lowest BCUT2D eigenvalue weighted by Gasteiger charge is -2.19. The molecule has 226 valence electrons. The topological polar surface area (TPSA) is 226 Å². The minimum Gasteiger partial charge on any atom is -0.481 e. The lowest BCUT2D eigenvalue weighted by Crippen LogP contribution is -2.42. The van der Waals surface area contributed by atoms with Crippen molar-refractivity contribution < 1.29 is 40.7 Å². The number of rotatable bonds is 11. The second kappa shape index (κ2) is 11.7. The fraction of sp³-hybridized carbons (Fsp3) is 0.391. The molecule has 42 heavy (non-hydrogen) atoms. The lowest BCUT2D eigenvalue weighted by molar-refractivity contribution is -0.136. The molecule has 3 N–H and O–H groups in total. The number of hydrogen-bond donors (Lipinski definition) is 3. The molecule has 0 aliphatic rings. The predicted molar refractivity (Wildman–Crippen MR) is 149 cm³/mol. The summed E-state index contributed by atoms with van der Waals surface area (Å²) in [7, 11) is -6.88. The van der Waals surface area contributed by atoms with Gasteiger partial charge >= 0.3 is 22.3 Å². The van der Waals surface area contributed by atoms with Gasteiger partial charge in [0.2, 0.25) is 11.8 Å². The first-order chi connectivity index (χ1) is 19.5. The first kappa shape index (κ1) is 31.0. The molecule has 1 amide bonds. The van der Waals surface area contributed by atoms with Crippen LogP contribution in [0.5, 0.6) is 0 Å². The zero-order valence-corrected chi connectivity index (χ0v) is 25.2. The van der Waals surface area contributed by atoms with Gasteiger partial charge in [0.1, 0.15) is 10.6 Å². The maximum absolute atomic E-state index is 13.4. The van der Waals surface area contributed by atoms with Crippen molar-refractivity contribution in [3.63, 3.8) is 0 Å². The zero-order chi connectivity index (χ0) is 30.9. The molecule has 16 nitrogen and oxygen atoms in total. The van der Waals surface area contributed by atoms with Gasteiger partial charge in [0.25, 0.3) is 0 Å². The van der Waals surface area contributed by atoms with Crippen molar-refractivity contribution in [3.05, 3.63) is 47.4 Å². The minimum atomic E-state index is -4.41. The maximum atomic E-state index is 13.4. The second-order valence-electron chi connectivity index (χ2n) is 9.99. The van der Waals surface area contributed by atoms with E-state index in [1.54, 1.807) is 55.6 Å². The number of carboxylic acids is 1. The number of hydrogen-bond acceptors (Lipinski definition) is 13. The molecule has 0 aliphatic carbocycles. The Bertz CT molecular complexity index is 1840. The Balaban J connectivity index is 1.61. The Morgan fingerprint density at radius 3 is 2.55 bits per heavy atom. The third-order valence-electron chi connectivity index (χ3n) is 5.36. The number of aliphatic carboxylic acids is 1. The van der Waals surface area contributed by atoms with E-state index >= 15 is 0 Å². The van der Waals surface area contributed by atoms with Crippen molar-refractivity contribution in [2.45, 2.75) is 44.6 Å². The Kier molecular flexibility index (Phi) is 8.67. The van der Waals surface area contributed by atoms with Crippen molar-refractivity contribution in [2.24, 2.45) is 7.05 Å². The summed E-state index contributed by atoms with van der Waals surface area (Å²) in [6, 6.07) is 5.34. The van der Waals surface area contributed by atoms with Crippen molar-refractivity contribution in [1.82, 2.24) is 34.4 Å². The molecule has 0 radical (unpaired) electrons. The molecule has 1 atom stereocenters. The van der Waals surface area contributed by atoms with Gasteiger partial charge in [-0.3, -0.25) is 9.48 Å². The van der Waals surface area contributed by atoms with Crippen LogP contribution in [0.3, 0.4) is 0 Å². The summed E-state index contributed by atoms with van der Waals surface area (Å²) in [6.45, 7) is 4.07. The Labute approximate surface area is 244 Å². The molecule has 1 unspecified atom stereocenters. The molecule has 0 spiro atoms. The molecule has 3 aromatic heterocycles. The summed E-state index contributed by atoms with van der Waals surface area (Å²) in [5.41, 5.74) is 1.21. The number of carbonyl (C=O) groups excluding carboxylic acids is 1. The van der Waals surface area contributed by atoms with E-state index in [0.717, 1.165) is 22.5 Å². The van der Waals surface area contributed by atoms with Gasteiger partial charge in [0.05, 0.1) is 35.1 Å². The number of carboxylic acid groups (broad SMARTS) is 1. The van der Waals surface area contributed by atoms with Crippen LogP contribution < -0.4 is 9.44 Å². The molecular formula is C23H27N7O9S3. The van der Waals surface area contributed by atoms with Crippen LogP contribution in [0, 0.1) is 0 Å². The van der Waals surface area contributed by atoms with E-state index in [-0.39, 0.29) is 10.9 Å². The van der Waals surface area contributed by atoms with Crippen LogP contribution in [-0.4, -0.2) is 70.3 Å². The number of fused-ring (bicyclic) bond motifs is 1. The smallest absolute Gasteiger partial charge is 0.422 e. The SMILES string of the molecule is Cn1cc(-c2ccc3nc(C(c4nnc(CNS(=O)(=O)NC(=O)OC(C)(C)C)o4)S(=O)(=O)CCC(=O)O)sc3c2)cn1. The van der Waals surface area contributed by atoms with Crippen LogP contribution in [0.15, 0.2) is 35.0 Å². The number of benzene rings is 1. The Morgan fingerprint density at radius 2 is 1.90 bits per heavy atom. The highest BCUT2D eigenvalue weighted by Crippen LogP contribution is 2.37. The Morgan fingerprint density at radius 1 is 1.17 bits per heavy atom. The number of amides is 1. The number of carbonyl (C=O) groups is 2. The lowest BCUT2D eigenvalue weighted by atomic mass is 10.1. The number of nitrogens with zero attached hydrogens (tertiary/aromatic N) is 5. The average Bonchev–Trinajstić information content (AvgIpc) is 3.59. The highest BCUT2D eigenvalue weighted by molar-refractivity contribution is 7.92. The summed E-state index contributed by atoms with van der Waals surface area (Å²) in [4.78, 5) is 27.4. The molecule has 0 fully saturated rings. The summed E-state index contributed by atoms with van der Waals surface area (Å²) < 4.78 is 67.5. The quantitative estimate of drug-likeness (QED) is 0.213. The molecule has 19 heteroatoms. The van der Waals surface area contributed by atoms with Gasteiger partial charge in [-0.1, -0.05) is 6.07 Å². The third kappa shape index (κ3) is 7.87. The summed E-state index contributed by atoms with van der Waals surface area (Å²) >= 11 is 1.05. The van der Waals surface area contributed by atoms with Crippen LogP contribution in [0.25, 0.3) is 21.3 Å². The van der Waals surface area contributed by atoms with Gasteiger partial charge < -0.3 is 14.3 Å². The second-order valence-corrected chi connectivity index (χ2v) is 14.8. The van der Waals surface area contributed by atoms with E-state index in [0.29, 0.717) is 10.2 Å². The molecule has 0 bridgehead atoms. The number of ether oxygens (including phenoxy) is 1. The van der Waals surface area contributed by atoms with Gasteiger partial charge in [0.15, 0.2) is 15.1 Å². The van der Waals surface area contributed by atoms with E-state index in [2.05, 4.69) is 20.3 Å². The average molecular weight is 642 g/mol. The van der Waals surface area contributed by atoms with Crippen molar-refractivity contribution in [3.8, 4) is 11.1 Å². The number of aromatic nitrogens is 5. The molecule has 0 aliphatic heterocycles. The highest BCUT2D eigenvalue weighted by Gasteiger charge is 2.37. The zero-order valence-electron chi connectivity index (χ0n) is 22.8. The molecule has 0 saturated carbocycles. The van der Waals surface area contributed by atoms with E-state index in [1.807, 2.05) is 17.0 Å². The standard InChI is InChI=1S/C23H27N7O9S3/c1-23(2,3)39-22(33)29-42(36,37)25-11-17-27-28-20(38-17)19(41(34,35)8-7-18(31)32)21-26-15-6-5-13(9-16(15)40-21)14-10-24-30(4)12-14/h5-6,9-10,12,19,25H,7-8,11H2,1-4H3,(H,29,33)(H,31,32). The highest BCUT2D eigenvalue weighted by atomic mass is 32.2. The van der Waals surface area contributed by atoms with Gasteiger partial charge in [-0.15, -0.1) is 21.5 Å². The van der Waals surface area contributed by atoms with Crippen molar-refractivity contribution >= 4 is 53.7 Å². The van der Waals surface area contributed by atoms with Gasteiger partial charge in [-0.25, -0.2) is 22.9 Å². The van der Waals surface area contributed by atoms with Crippen LogP contribution in [-0.2, 0) is 43.2 Å². The summed E-state index contributed by atoms with van der Waals surface area (Å²) in [6.07, 6.45) is 1.61. The maximum Gasteiger partial charge on any atom is 0.422 e. The van der Waals surface area contributed by atoms with Gasteiger partial charge in [-0.05, 0) is 38.5 Å². The van der Waals surface area contributed by atoms with E-state index < -0.39 is 67.6 Å². The fourth-order valence-corrected chi connectivity index (χ4v) is 7.28.